The first-order chi connectivity index (χ1) is 14.6. The van der Waals surface area contributed by atoms with E-state index in [1.165, 1.54) is 0 Å². The standard InChI is InChI=1S/C22H29N5O3/c1-14(6-9-23)26-22-25-13-19-20(27-22)18(15-2-4-16(28)5-3-15)12-24-21(19)30-17-7-10-29-11-8-17/h12-17,28H,2-8,10-11H2,1H3,(H,25,26,27)/t14-,15?,16?/m0/s1. The molecule has 30 heavy (non-hydrogen) atoms. The van der Waals surface area contributed by atoms with E-state index in [0.29, 0.717) is 37.4 Å². The van der Waals surface area contributed by atoms with Crippen LogP contribution in [0.25, 0.3) is 10.9 Å². The number of aliphatic hydroxyl groups is 1. The summed E-state index contributed by atoms with van der Waals surface area (Å²) in [6, 6.07) is 2.12. The van der Waals surface area contributed by atoms with Crippen molar-refractivity contribution in [2.75, 3.05) is 18.5 Å². The van der Waals surface area contributed by atoms with Gasteiger partial charge < -0.3 is 19.9 Å². The molecule has 0 bridgehead atoms. The predicted octanol–water partition coefficient (Wildman–Crippen LogP) is 3.32. The Kier molecular flexibility index (Phi) is 6.60. The number of aromatic nitrogens is 3. The van der Waals surface area contributed by atoms with E-state index < -0.39 is 0 Å². The van der Waals surface area contributed by atoms with Crippen molar-refractivity contribution in [3.05, 3.63) is 18.0 Å². The molecule has 0 spiro atoms. The number of nitrogens with one attached hydrogen (secondary N) is 1. The first-order valence-electron chi connectivity index (χ1n) is 10.9. The zero-order chi connectivity index (χ0) is 20.9. The van der Waals surface area contributed by atoms with Crippen molar-refractivity contribution in [2.24, 2.45) is 0 Å². The zero-order valence-electron chi connectivity index (χ0n) is 17.4. The summed E-state index contributed by atoms with van der Waals surface area (Å²) >= 11 is 0. The molecule has 8 heteroatoms. The molecule has 1 saturated heterocycles. The maximum Gasteiger partial charge on any atom is 0.224 e. The zero-order valence-corrected chi connectivity index (χ0v) is 17.4. The highest BCUT2D eigenvalue weighted by Gasteiger charge is 2.26. The number of aliphatic hydroxyl groups excluding tert-OH is 1. The average molecular weight is 412 g/mol. The lowest BCUT2D eigenvalue weighted by molar-refractivity contribution is 0.0244. The fourth-order valence-corrected chi connectivity index (χ4v) is 4.23. The Bertz CT molecular complexity index is 902. The van der Waals surface area contributed by atoms with E-state index in [-0.39, 0.29) is 18.2 Å². The van der Waals surface area contributed by atoms with Gasteiger partial charge in [0.15, 0.2) is 0 Å². The molecule has 0 unspecified atom stereocenters. The first-order valence-corrected chi connectivity index (χ1v) is 10.9. The van der Waals surface area contributed by atoms with E-state index in [2.05, 4.69) is 21.4 Å². The summed E-state index contributed by atoms with van der Waals surface area (Å²) < 4.78 is 11.6. The van der Waals surface area contributed by atoms with Gasteiger partial charge >= 0.3 is 0 Å². The number of hydrogen-bond acceptors (Lipinski definition) is 8. The molecule has 1 aliphatic carbocycles. The van der Waals surface area contributed by atoms with Gasteiger partial charge in [-0.05, 0) is 38.5 Å². The van der Waals surface area contributed by atoms with Crippen LogP contribution in [-0.2, 0) is 4.74 Å². The van der Waals surface area contributed by atoms with Crippen molar-refractivity contribution < 1.29 is 14.6 Å². The highest BCUT2D eigenvalue weighted by molar-refractivity contribution is 5.86. The number of rotatable bonds is 6. The molecule has 2 aromatic heterocycles. The number of hydrogen-bond donors (Lipinski definition) is 2. The summed E-state index contributed by atoms with van der Waals surface area (Å²) in [4.78, 5) is 13.9. The summed E-state index contributed by atoms with van der Waals surface area (Å²) in [5.41, 5.74) is 1.92. The quantitative estimate of drug-likeness (QED) is 0.744. The lowest BCUT2D eigenvalue weighted by Gasteiger charge is -2.27. The highest BCUT2D eigenvalue weighted by atomic mass is 16.5. The Morgan fingerprint density at radius 1 is 1.20 bits per heavy atom. The Balaban J connectivity index is 1.68. The van der Waals surface area contributed by atoms with E-state index >= 15 is 0 Å². The van der Waals surface area contributed by atoms with Crippen molar-refractivity contribution >= 4 is 16.9 Å². The summed E-state index contributed by atoms with van der Waals surface area (Å²) in [6.45, 7) is 3.34. The van der Waals surface area contributed by atoms with Gasteiger partial charge in [-0.15, -0.1) is 0 Å². The lowest BCUT2D eigenvalue weighted by atomic mass is 9.83. The summed E-state index contributed by atoms with van der Waals surface area (Å²) in [7, 11) is 0. The third kappa shape index (κ3) is 4.79. The van der Waals surface area contributed by atoms with Gasteiger partial charge in [-0.3, -0.25) is 0 Å². The molecule has 3 heterocycles. The second kappa shape index (κ2) is 9.54. The number of ether oxygens (including phenoxy) is 2. The third-order valence-electron chi connectivity index (χ3n) is 5.97. The van der Waals surface area contributed by atoms with Crippen LogP contribution in [-0.4, -0.2) is 51.5 Å². The molecular formula is C22H29N5O3. The van der Waals surface area contributed by atoms with E-state index in [0.717, 1.165) is 55.0 Å². The lowest BCUT2D eigenvalue weighted by Crippen LogP contribution is -2.26. The van der Waals surface area contributed by atoms with E-state index in [1.807, 2.05) is 13.1 Å². The smallest absolute Gasteiger partial charge is 0.224 e. The Labute approximate surface area is 176 Å². The van der Waals surface area contributed by atoms with Crippen LogP contribution in [0, 0.1) is 11.3 Å². The van der Waals surface area contributed by atoms with Gasteiger partial charge in [0.25, 0.3) is 0 Å². The van der Waals surface area contributed by atoms with Gasteiger partial charge in [0.05, 0.1) is 42.7 Å². The van der Waals surface area contributed by atoms with Gasteiger partial charge in [0, 0.05) is 36.8 Å². The van der Waals surface area contributed by atoms with Crippen molar-refractivity contribution in [3.63, 3.8) is 0 Å². The Morgan fingerprint density at radius 3 is 2.70 bits per heavy atom. The molecule has 1 saturated carbocycles. The first kappa shape index (κ1) is 20.8. The molecule has 0 aromatic carbocycles. The van der Waals surface area contributed by atoms with Crippen LogP contribution in [0.1, 0.15) is 63.4 Å². The van der Waals surface area contributed by atoms with E-state index in [9.17, 15) is 5.11 Å². The maximum atomic E-state index is 9.90. The average Bonchev–Trinajstić information content (AvgIpc) is 2.75. The normalized spacial score (nSPS) is 23.6. The van der Waals surface area contributed by atoms with Crippen molar-refractivity contribution in [1.82, 2.24) is 15.0 Å². The topological polar surface area (TPSA) is 113 Å². The fraction of sp³-hybridized carbons (Fsp3) is 0.636. The third-order valence-corrected chi connectivity index (χ3v) is 5.97. The molecule has 4 rings (SSSR count). The van der Waals surface area contributed by atoms with E-state index in [1.54, 1.807) is 6.20 Å². The fourth-order valence-electron chi connectivity index (χ4n) is 4.23. The minimum absolute atomic E-state index is 0.0412. The van der Waals surface area contributed by atoms with Gasteiger partial charge in [0.2, 0.25) is 11.8 Å². The molecule has 2 aromatic rings. The molecule has 0 amide bonds. The van der Waals surface area contributed by atoms with E-state index in [4.69, 9.17) is 19.7 Å². The second-order valence-corrected chi connectivity index (χ2v) is 8.32. The largest absolute Gasteiger partial charge is 0.474 e. The number of anilines is 1. The summed E-state index contributed by atoms with van der Waals surface area (Å²) in [5, 5.41) is 22.8. The van der Waals surface area contributed by atoms with Gasteiger partial charge in [0.1, 0.15) is 6.10 Å². The van der Waals surface area contributed by atoms with Crippen LogP contribution in [0.5, 0.6) is 5.88 Å². The minimum Gasteiger partial charge on any atom is -0.474 e. The molecule has 1 aliphatic heterocycles. The van der Waals surface area contributed by atoms with Crippen molar-refractivity contribution in [2.45, 2.75) is 76.0 Å². The molecule has 2 aliphatic rings. The molecule has 1 atom stereocenters. The van der Waals surface area contributed by atoms with Crippen LogP contribution < -0.4 is 10.1 Å². The van der Waals surface area contributed by atoms with Crippen LogP contribution in [0.4, 0.5) is 5.95 Å². The molecule has 8 nitrogen and oxygen atoms in total. The number of nitriles is 1. The Hall–Kier alpha value is -2.50. The van der Waals surface area contributed by atoms with Crippen LogP contribution in [0.2, 0.25) is 0 Å². The van der Waals surface area contributed by atoms with Crippen LogP contribution >= 0.6 is 0 Å². The number of fused-ring (bicyclic) bond motifs is 1. The minimum atomic E-state index is -0.213. The highest BCUT2D eigenvalue weighted by Crippen LogP contribution is 2.38. The monoisotopic (exact) mass is 411 g/mol. The van der Waals surface area contributed by atoms with Crippen LogP contribution in [0.15, 0.2) is 12.4 Å². The van der Waals surface area contributed by atoms with Gasteiger partial charge in [-0.2, -0.15) is 5.26 Å². The molecule has 2 N–H and O–H groups in total. The molecular weight excluding hydrogens is 382 g/mol. The summed E-state index contributed by atoms with van der Waals surface area (Å²) in [6.07, 6.45) is 9.00. The SMILES string of the molecule is C[C@@H](CC#N)Nc1ncc2c(OC3CCOCC3)ncc(C3CCC(O)CC3)c2n1. The van der Waals surface area contributed by atoms with Gasteiger partial charge in [-0.1, -0.05) is 0 Å². The second-order valence-electron chi connectivity index (χ2n) is 8.32. The van der Waals surface area contributed by atoms with Crippen molar-refractivity contribution in [3.8, 4) is 11.9 Å². The predicted molar refractivity (Wildman–Crippen MR) is 112 cm³/mol. The molecule has 160 valence electrons. The maximum absolute atomic E-state index is 9.90. The molecule has 2 fully saturated rings. The Morgan fingerprint density at radius 2 is 1.97 bits per heavy atom. The number of pyridine rings is 1. The van der Waals surface area contributed by atoms with Crippen LogP contribution in [0.3, 0.4) is 0 Å². The van der Waals surface area contributed by atoms with Gasteiger partial charge in [-0.25, -0.2) is 15.0 Å². The summed E-state index contributed by atoms with van der Waals surface area (Å²) in [5.74, 6) is 1.37. The molecule has 0 radical (unpaired) electrons. The van der Waals surface area contributed by atoms with Crippen molar-refractivity contribution in [1.29, 1.82) is 5.26 Å². The number of nitrogens with zero attached hydrogens (tertiary/aromatic N) is 4.